The summed E-state index contributed by atoms with van der Waals surface area (Å²) < 4.78 is 25.8. The van der Waals surface area contributed by atoms with E-state index in [0.29, 0.717) is 0 Å². The maximum atomic E-state index is 11.8. The van der Waals surface area contributed by atoms with Gasteiger partial charge in [0, 0.05) is 0 Å². The number of sulfonamides is 1. The lowest BCUT2D eigenvalue weighted by Crippen LogP contribution is -2.24. The van der Waals surface area contributed by atoms with Gasteiger partial charge in [-0.2, -0.15) is 4.72 Å². The maximum Gasteiger partial charge on any atom is 0.242 e. The van der Waals surface area contributed by atoms with Gasteiger partial charge in [-0.05, 0) is 19.1 Å². The summed E-state index contributed by atoms with van der Waals surface area (Å²) in [6, 6.07) is 4.43. The molecule has 0 unspecified atom stereocenters. The van der Waals surface area contributed by atoms with Crippen LogP contribution in [0.3, 0.4) is 0 Å². The van der Waals surface area contributed by atoms with E-state index in [4.69, 9.17) is 23.2 Å². The van der Waals surface area contributed by atoms with Crippen molar-refractivity contribution in [2.24, 2.45) is 0 Å². The Morgan fingerprint density at radius 3 is 2.69 bits per heavy atom. The summed E-state index contributed by atoms with van der Waals surface area (Å²) in [5, 5.41) is 0.215. The van der Waals surface area contributed by atoms with Crippen molar-refractivity contribution in [2.75, 3.05) is 6.54 Å². The number of halogens is 2. The molecule has 0 aromatic heterocycles. The highest BCUT2D eigenvalue weighted by atomic mass is 35.5. The van der Waals surface area contributed by atoms with Crippen molar-refractivity contribution in [3.05, 3.63) is 28.2 Å². The van der Waals surface area contributed by atoms with Crippen molar-refractivity contribution in [2.45, 2.75) is 11.8 Å². The zero-order valence-corrected chi connectivity index (χ0v) is 10.7. The second kappa shape index (κ2) is 5.55. The van der Waals surface area contributed by atoms with Crippen molar-refractivity contribution >= 4 is 33.2 Å². The fraction of sp³-hybridized carbons (Fsp3) is 0.200. The Morgan fingerprint density at radius 1 is 1.38 bits per heavy atom. The first kappa shape index (κ1) is 13.3. The molecule has 0 aliphatic carbocycles. The van der Waals surface area contributed by atoms with Crippen LogP contribution in [0.2, 0.25) is 10.0 Å². The standard InChI is InChI=1S/C10H9Cl2NO2S/c1-2-3-7-13-16(14,15)9-6-4-5-8(11)10(9)12/h4-6,13H,7H2,1H3. The Morgan fingerprint density at radius 2 is 2.06 bits per heavy atom. The molecule has 0 saturated carbocycles. The SMILES string of the molecule is CC#CCNS(=O)(=O)c1cccc(Cl)c1Cl. The summed E-state index contributed by atoms with van der Waals surface area (Å²) in [5.41, 5.74) is 0. The lowest BCUT2D eigenvalue weighted by molar-refractivity contribution is 0.586. The van der Waals surface area contributed by atoms with Crippen LogP contribution in [0.1, 0.15) is 6.92 Å². The van der Waals surface area contributed by atoms with Gasteiger partial charge in [-0.15, -0.1) is 5.92 Å². The average Bonchev–Trinajstić information content (AvgIpc) is 2.22. The molecule has 86 valence electrons. The highest BCUT2D eigenvalue weighted by Gasteiger charge is 2.18. The van der Waals surface area contributed by atoms with Crippen molar-refractivity contribution in [1.29, 1.82) is 0 Å². The number of hydrogen-bond donors (Lipinski definition) is 1. The number of hydrogen-bond acceptors (Lipinski definition) is 2. The molecule has 0 aliphatic heterocycles. The topological polar surface area (TPSA) is 46.2 Å². The average molecular weight is 278 g/mol. The fourth-order valence-corrected chi connectivity index (χ4v) is 2.67. The van der Waals surface area contributed by atoms with Gasteiger partial charge in [0.1, 0.15) is 4.90 Å². The molecule has 3 nitrogen and oxygen atoms in total. The van der Waals surface area contributed by atoms with Crippen molar-refractivity contribution < 1.29 is 8.42 Å². The Hall–Kier alpha value is -0.730. The fourth-order valence-electron chi connectivity index (χ4n) is 0.989. The van der Waals surface area contributed by atoms with Gasteiger partial charge in [-0.3, -0.25) is 0 Å². The van der Waals surface area contributed by atoms with Crippen molar-refractivity contribution in [3.63, 3.8) is 0 Å². The third-order valence-electron chi connectivity index (χ3n) is 1.73. The third kappa shape index (κ3) is 3.13. The number of benzene rings is 1. The maximum absolute atomic E-state index is 11.8. The molecule has 0 fully saturated rings. The lowest BCUT2D eigenvalue weighted by Gasteiger charge is -2.06. The molecule has 1 aromatic carbocycles. The number of rotatable bonds is 3. The minimum Gasteiger partial charge on any atom is -0.207 e. The van der Waals surface area contributed by atoms with Crippen molar-refractivity contribution in [1.82, 2.24) is 4.72 Å². The molecule has 16 heavy (non-hydrogen) atoms. The molecule has 1 N–H and O–H groups in total. The van der Waals surface area contributed by atoms with E-state index in [9.17, 15) is 8.42 Å². The van der Waals surface area contributed by atoms with E-state index in [1.54, 1.807) is 6.92 Å². The summed E-state index contributed by atoms with van der Waals surface area (Å²) >= 11 is 11.5. The minimum absolute atomic E-state index is 0.0149. The molecule has 0 radical (unpaired) electrons. The number of nitrogens with one attached hydrogen (secondary N) is 1. The zero-order valence-electron chi connectivity index (χ0n) is 8.42. The van der Waals surface area contributed by atoms with E-state index < -0.39 is 10.0 Å². The first-order chi connectivity index (χ1) is 7.49. The van der Waals surface area contributed by atoms with Gasteiger partial charge in [0.05, 0.1) is 16.6 Å². The highest BCUT2D eigenvalue weighted by molar-refractivity contribution is 7.89. The van der Waals surface area contributed by atoms with Gasteiger partial charge in [0.25, 0.3) is 0 Å². The summed E-state index contributed by atoms with van der Waals surface area (Å²) in [6.45, 7) is 1.67. The predicted octanol–water partition coefficient (Wildman–Crippen LogP) is 2.29. The molecular formula is C10H9Cl2NO2S. The Bertz CT molecular complexity index is 544. The van der Waals surface area contributed by atoms with E-state index in [0.717, 1.165) is 0 Å². The van der Waals surface area contributed by atoms with Gasteiger partial charge in [0.15, 0.2) is 0 Å². The van der Waals surface area contributed by atoms with Gasteiger partial charge in [0.2, 0.25) is 10.0 Å². The van der Waals surface area contributed by atoms with E-state index in [2.05, 4.69) is 16.6 Å². The van der Waals surface area contributed by atoms with Crippen LogP contribution < -0.4 is 4.72 Å². The largest absolute Gasteiger partial charge is 0.242 e. The highest BCUT2D eigenvalue weighted by Crippen LogP contribution is 2.28. The van der Waals surface area contributed by atoms with Gasteiger partial charge < -0.3 is 0 Å². The summed E-state index contributed by atoms with van der Waals surface area (Å²) in [7, 11) is -3.65. The Kier molecular flexibility index (Phi) is 4.63. The summed E-state index contributed by atoms with van der Waals surface area (Å²) in [4.78, 5) is -0.0421. The molecule has 0 saturated heterocycles. The van der Waals surface area contributed by atoms with Crippen molar-refractivity contribution in [3.8, 4) is 11.8 Å². The lowest BCUT2D eigenvalue weighted by atomic mass is 10.4. The smallest absolute Gasteiger partial charge is 0.207 e. The zero-order chi connectivity index (χ0) is 12.2. The molecular weight excluding hydrogens is 269 g/mol. The molecule has 1 aromatic rings. The van der Waals surface area contributed by atoms with Crippen LogP contribution in [0, 0.1) is 11.8 Å². The molecule has 0 heterocycles. The third-order valence-corrected chi connectivity index (χ3v) is 4.11. The van der Waals surface area contributed by atoms with Gasteiger partial charge in [-0.1, -0.05) is 35.2 Å². The summed E-state index contributed by atoms with van der Waals surface area (Å²) in [5.74, 6) is 5.17. The molecule has 0 amide bonds. The van der Waals surface area contributed by atoms with Crippen LogP contribution in [0.4, 0.5) is 0 Å². The van der Waals surface area contributed by atoms with E-state index in [1.165, 1.54) is 18.2 Å². The normalized spacial score (nSPS) is 10.7. The van der Waals surface area contributed by atoms with Gasteiger partial charge in [-0.25, -0.2) is 8.42 Å². The second-order valence-corrected chi connectivity index (χ2v) is 5.32. The van der Waals surface area contributed by atoms with Crippen LogP contribution in [0.25, 0.3) is 0 Å². The Labute approximate surface area is 105 Å². The van der Waals surface area contributed by atoms with Crippen LogP contribution >= 0.6 is 23.2 Å². The van der Waals surface area contributed by atoms with Crippen LogP contribution in [0.5, 0.6) is 0 Å². The first-order valence-corrected chi connectivity index (χ1v) is 6.56. The summed E-state index contributed by atoms with van der Waals surface area (Å²) in [6.07, 6.45) is 0. The van der Waals surface area contributed by atoms with E-state index >= 15 is 0 Å². The molecule has 0 spiro atoms. The van der Waals surface area contributed by atoms with Crippen LogP contribution in [0.15, 0.2) is 23.1 Å². The molecule has 0 aliphatic rings. The van der Waals surface area contributed by atoms with E-state index in [1.807, 2.05) is 0 Å². The Balaban J connectivity index is 3.06. The first-order valence-electron chi connectivity index (χ1n) is 4.32. The predicted molar refractivity (Wildman–Crippen MR) is 65.1 cm³/mol. The molecule has 1 rings (SSSR count). The quantitative estimate of drug-likeness (QED) is 0.862. The van der Waals surface area contributed by atoms with Crippen LogP contribution in [-0.2, 0) is 10.0 Å². The molecule has 0 atom stereocenters. The molecule has 6 heteroatoms. The van der Waals surface area contributed by atoms with E-state index in [-0.39, 0.29) is 21.5 Å². The minimum atomic E-state index is -3.65. The monoisotopic (exact) mass is 277 g/mol. The van der Waals surface area contributed by atoms with Gasteiger partial charge >= 0.3 is 0 Å². The van der Waals surface area contributed by atoms with Crippen LogP contribution in [-0.4, -0.2) is 15.0 Å². The second-order valence-electron chi connectivity index (χ2n) is 2.80. The molecule has 0 bridgehead atoms.